The quantitative estimate of drug-likeness (QED) is 0.579. The van der Waals surface area contributed by atoms with Crippen LogP contribution in [-0.4, -0.2) is 10.7 Å². The number of fused-ring (bicyclic) bond motifs is 1. The maximum atomic E-state index is 5.72. The highest BCUT2D eigenvalue weighted by molar-refractivity contribution is 7.99. The van der Waals surface area contributed by atoms with Crippen LogP contribution in [0.25, 0.3) is 11.1 Å². The predicted molar refractivity (Wildman–Crippen MR) is 79.3 cm³/mol. The zero-order valence-corrected chi connectivity index (χ0v) is 11.2. The molecule has 0 radical (unpaired) electrons. The highest BCUT2D eigenvalue weighted by Crippen LogP contribution is 2.25. The number of nitrogens with two attached hydrogens (primary N) is 1. The van der Waals surface area contributed by atoms with E-state index in [9.17, 15) is 0 Å². The zero-order valence-electron chi connectivity index (χ0n) is 10.4. The SMILES string of the molecule is Nc1ccc2oc(SCCc3ccccc3)nc2c1. The third-order valence-electron chi connectivity index (χ3n) is 2.85. The first kappa shape index (κ1) is 12.1. The number of benzene rings is 2. The maximum absolute atomic E-state index is 5.72. The molecule has 0 spiro atoms. The molecule has 0 unspecified atom stereocenters. The Morgan fingerprint density at radius 2 is 1.95 bits per heavy atom. The fourth-order valence-corrected chi connectivity index (χ4v) is 2.71. The van der Waals surface area contributed by atoms with E-state index in [-0.39, 0.29) is 0 Å². The predicted octanol–water partition coefficient (Wildman–Crippen LogP) is 3.74. The van der Waals surface area contributed by atoms with Gasteiger partial charge in [0.25, 0.3) is 5.22 Å². The van der Waals surface area contributed by atoms with E-state index in [4.69, 9.17) is 10.2 Å². The molecule has 0 saturated heterocycles. The second-order valence-electron chi connectivity index (χ2n) is 4.29. The minimum absolute atomic E-state index is 0.705. The Morgan fingerprint density at radius 1 is 1.11 bits per heavy atom. The van der Waals surface area contributed by atoms with Crippen LogP contribution in [0.15, 0.2) is 58.2 Å². The third-order valence-corrected chi connectivity index (χ3v) is 3.68. The molecular weight excluding hydrogens is 256 g/mol. The summed E-state index contributed by atoms with van der Waals surface area (Å²) in [6, 6.07) is 15.9. The number of hydrogen-bond acceptors (Lipinski definition) is 4. The molecule has 2 aromatic carbocycles. The molecule has 2 N–H and O–H groups in total. The number of aromatic nitrogens is 1. The number of thioether (sulfide) groups is 1. The zero-order chi connectivity index (χ0) is 13.1. The molecule has 0 aliphatic rings. The van der Waals surface area contributed by atoms with Crippen molar-refractivity contribution in [3.8, 4) is 0 Å². The lowest BCUT2D eigenvalue weighted by atomic mass is 10.2. The minimum atomic E-state index is 0.705. The van der Waals surface area contributed by atoms with Gasteiger partial charge in [0.2, 0.25) is 0 Å². The number of aryl methyl sites for hydroxylation is 1. The van der Waals surface area contributed by atoms with Crippen molar-refractivity contribution in [3.05, 3.63) is 54.1 Å². The molecule has 0 saturated carbocycles. The van der Waals surface area contributed by atoms with Gasteiger partial charge >= 0.3 is 0 Å². The molecule has 0 aliphatic heterocycles. The van der Waals surface area contributed by atoms with Crippen LogP contribution in [0.4, 0.5) is 5.69 Å². The summed E-state index contributed by atoms with van der Waals surface area (Å²) in [6.07, 6.45) is 1.01. The normalized spacial score (nSPS) is 10.9. The smallest absolute Gasteiger partial charge is 0.256 e. The fraction of sp³-hybridized carbons (Fsp3) is 0.133. The van der Waals surface area contributed by atoms with E-state index in [1.165, 1.54) is 5.56 Å². The number of anilines is 1. The van der Waals surface area contributed by atoms with Crippen molar-refractivity contribution in [1.29, 1.82) is 0 Å². The topological polar surface area (TPSA) is 52.0 Å². The second-order valence-corrected chi connectivity index (χ2v) is 5.34. The van der Waals surface area contributed by atoms with Crippen LogP contribution in [0.2, 0.25) is 0 Å². The molecular formula is C15H14N2OS. The van der Waals surface area contributed by atoms with Crippen molar-refractivity contribution in [2.75, 3.05) is 11.5 Å². The number of nitrogens with zero attached hydrogens (tertiary/aromatic N) is 1. The summed E-state index contributed by atoms with van der Waals surface area (Å²) in [5.41, 5.74) is 9.37. The van der Waals surface area contributed by atoms with Crippen molar-refractivity contribution in [1.82, 2.24) is 4.98 Å². The van der Waals surface area contributed by atoms with E-state index < -0.39 is 0 Å². The highest BCUT2D eigenvalue weighted by Gasteiger charge is 2.06. The Labute approximate surface area is 115 Å². The van der Waals surface area contributed by atoms with Crippen molar-refractivity contribution in [3.63, 3.8) is 0 Å². The average Bonchev–Trinajstić information content (AvgIpc) is 2.82. The van der Waals surface area contributed by atoms with Crippen LogP contribution in [0.5, 0.6) is 0 Å². The van der Waals surface area contributed by atoms with E-state index in [2.05, 4.69) is 29.2 Å². The lowest BCUT2D eigenvalue weighted by Gasteiger charge is -1.98. The monoisotopic (exact) mass is 270 g/mol. The molecule has 0 aliphatic carbocycles. The molecule has 0 bridgehead atoms. The summed E-state index contributed by atoms with van der Waals surface area (Å²) < 4.78 is 5.66. The van der Waals surface area contributed by atoms with Crippen molar-refractivity contribution in [2.24, 2.45) is 0 Å². The lowest BCUT2D eigenvalue weighted by molar-refractivity contribution is 0.489. The molecule has 3 rings (SSSR count). The van der Waals surface area contributed by atoms with E-state index in [1.807, 2.05) is 24.3 Å². The largest absolute Gasteiger partial charge is 0.431 e. The van der Waals surface area contributed by atoms with E-state index >= 15 is 0 Å². The molecule has 1 heterocycles. The van der Waals surface area contributed by atoms with Crippen LogP contribution in [0.3, 0.4) is 0 Å². The van der Waals surface area contributed by atoms with E-state index in [1.54, 1.807) is 11.8 Å². The van der Waals surface area contributed by atoms with E-state index in [0.717, 1.165) is 23.3 Å². The Hall–Kier alpha value is -1.94. The van der Waals surface area contributed by atoms with Crippen LogP contribution >= 0.6 is 11.8 Å². The van der Waals surface area contributed by atoms with Gasteiger partial charge in [-0.05, 0) is 30.2 Å². The maximum Gasteiger partial charge on any atom is 0.256 e. The highest BCUT2D eigenvalue weighted by atomic mass is 32.2. The van der Waals surface area contributed by atoms with E-state index in [0.29, 0.717) is 10.9 Å². The molecule has 0 amide bonds. The molecule has 3 nitrogen and oxygen atoms in total. The first-order valence-electron chi connectivity index (χ1n) is 6.14. The Balaban J connectivity index is 1.65. The first-order chi connectivity index (χ1) is 9.31. The number of oxazole rings is 1. The average molecular weight is 270 g/mol. The summed E-state index contributed by atoms with van der Waals surface area (Å²) in [5.74, 6) is 0.951. The Kier molecular flexibility index (Phi) is 3.42. The fourth-order valence-electron chi connectivity index (χ4n) is 1.89. The molecule has 96 valence electrons. The van der Waals surface area contributed by atoms with Crippen molar-refractivity contribution in [2.45, 2.75) is 11.6 Å². The number of nitrogen functional groups attached to an aromatic ring is 1. The van der Waals surface area contributed by atoms with Gasteiger partial charge in [-0.2, -0.15) is 0 Å². The first-order valence-corrected chi connectivity index (χ1v) is 7.12. The Morgan fingerprint density at radius 3 is 2.79 bits per heavy atom. The van der Waals surface area contributed by atoms with Gasteiger partial charge in [-0.3, -0.25) is 0 Å². The van der Waals surface area contributed by atoms with Crippen molar-refractivity contribution < 1.29 is 4.42 Å². The molecule has 19 heavy (non-hydrogen) atoms. The molecule has 1 aromatic heterocycles. The van der Waals surface area contributed by atoms with Gasteiger partial charge in [-0.1, -0.05) is 42.1 Å². The van der Waals surface area contributed by atoms with Crippen molar-refractivity contribution >= 4 is 28.5 Å². The summed E-state index contributed by atoms with van der Waals surface area (Å²) in [6.45, 7) is 0. The van der Waals surface area contributed by atoms with Gasteiger partial charge in [-0.25, -0.2) is 4.98 Å². The van der Waals surface area contributed by atoms with Gasteiger partial charge in [0, 0.05) is 11.4 Å². The standard InChI is InChI=1S/C15H14N2OS/c16-12-6-7-14-13(10-12)17-15(18-14)19-9-8-11-4-2-1-3-5-11/h1-7,10H,8-9,16H2. The van der Waals surface area contributed by atoms with Gasteiger partial charge in [-0.15, -0.1) is 0 Å². The summed E-state index contributed by atoms with van der Waals surface area (Å²) in [5, 5.41) is 0.705. The van der Waals surface area contributed by atoms with Gasteiger partial charge in [0.1, 0.15) is 5.52 Å². The van der Waals surface area contributed by atoms with Crippen LogP contribution in [0.1, 0.15) is 5.56 Å². The minimum Gasteiger partial charge on any atom is -0.431 e. The van der Waals surface area contributed by atoms with Crippen LogP contribution in [0, 0.1) is 0 Å². The van der Waals surface area contributed by atoms with Gasteiger partial charge in [0.15, 0.2) is 5.58 Å². The number of rotatable bonds is 4. The summed E-state index contributed by atoms with van der Waals surface area (Å²) >= 11 is 1.63. The molecule has 4 heteroatoms. The molecule has 0 atom stereocenters. The Bertz CT molecular complexity index is 679. The third kappa shape index (κ3) is 2.90. The van der Waals surface area contributed by atoms with Crippen LogP contribution < -0.4 is 5.73 Å². The van der Waals surface area contributed by atoms with Crippen LogP contribution in [-0.2, 0) is 6.42 Å². The molecule has 3 aromatic rings. The summed E-state index contributed by atoms with van der Waals surface area (Å²) in [4.78, 5) is 4.42. The van der Waals surface area contributed by atoms with Gasteiger partial charge < -0.3 is 10.2 Å². The second kappa shape index (κ2) is 5.36. The molecule has 0 fully saturated rings. The van der Waals surface area contributed by atoms with Gasteiger partial charge in [0.05, 0.1) is 0 Å². The number of hydrogen-bond donors (Lipinski definition) is 1. The lowest BCUT2D eigenvalue weighted by Crippen LogP contribution is -1.87. The summed E-state index contributed by atoms with van der Waals surface area (Å²) in [7, 11) is 0.